The summed E-state index contributed by atoms with van der Waals surface area (Å²) in [6.07, 6.45) is 5.23. The molecule has 1 unspecified atom stereocenters. The van der Waals surface area contributed by atoms with E-state index in [1.165, 1.54) is 19.3 Å². The van der Waals surface area contributed by atoms with Crippen molar-refractivity contribution in [3.05, 3.63) is 12.3 Å². The number of carbonyl (C=O) groups is 1. The summed E-state index contributed by atoms with van der Waals surface area (Å²) >= 11 is 0. The van der Waals surface area contributed by atoms with Crippen molar-refractivity contribution in [1.29, 1.82) is 0 Å². The molecular weight excluding hydrogens is 152 g/mol. The van der Waals surface area contributed by atoms with E-state index in [9.17, 15) is 4.79 Å². The molecular formula is C10H16O2. The summed E-state index contributed by atoms with van der Waals surface area (Å²) in [5.74, 6) is 0.863. The van der Waals surface area contributed by atoms with Gasteiger partial charge >= 0.3 is 5.97 Å². The number of allylic oxidation sites excluding steroid dienone is 1. The number of hydrogen-bond acceptors (Lipinski definition) is 2. The number of carbonyl (C=O) groups excluding carboxylic acids is 1. The highest BCUT2D eigenvalue weighted by Gasteiger charge is 2.27. The molecule has 1 aliphatic rings. The van der Waals surface area contributed by atoms with E-state index in [0.29, 0.717) is 18.1 Å². The van der Waals surface area contributed by atoms with Crippen molar-refractivity contribution in [2.45, 2.75) is 39.0 Å². The van der Waals surface area contributed by atoms with E-state index in [-0.39, 0.29) is 5.97 Å². The minimum Gasteiger partial charge on any atom is -0.431 e. The van der Waals surface area contributed by atoms with Gasteiger partial charge < -0.3 is 4.74 Å². The lowest BCUT2D eigenvalue weighted by molar-refractivity contribution is -0.135. The first-order valence-electron chi connectivity index (χ1n) is 4.63. The lowest BCUT2D eigenvalue weighted by atomic mass is 9.98. The summed E-state index contributed by atoms with van der Waals surface area (Å²) in [5, 5.41) is 0. The maximum absolute atomic E-state index is 10.8. The molecule has 12 heavy (non-hydrogen) atoms. The fourth-order valence-corrected chi connectivity index (χ4v) is 1.49. The Kier molecular flexibility index (Phi) is 3.32. The molecule has 2 heteroatoms. The first kappa shape index (κ1) is 9.30. The third-order valence-corrected chi connectivity index (χ3v) is 2.27. The Labute approximate surface area is 73.6 Å². The molecule has 0 amide bonds. The second-order valence-electron chi connectivity index (χ2n) is 3.34. The number of cyclic esters (lactones) is 1. The van der Waals surface area contributed by atoms with Crippen molar-refractivity contribution in [3.8, 4) is 0 Å². The quantitative estimate of drug-likeness (QED) is 0.476. The lowest BCUT2D eigenvalue weighted by Crippen LogP contribution is -1.96. The molecule has 1 saturated heterocycles. The molecule has 0 bridgehead atoms. The molecule has 1 fully saturated rings. The van der Waals surface area contributed by atoms with Gasteiger partial charge in [-0.3, -0.25) is 4.79 Å². The molecule has 0 aromatic carbocycles. The molecule has 1 rings (SSSR count). The van der Waals surface area contributed by atoms with Crippen molar-refractivity contribution in [2.24, 2.45) is 5.92 Å². The molecule has 2 nitrogen and oxygen atoms in total. The van der Waals surface area contributed by atoms with Gasteiger partial charge in [0.15, 0.2) is 0 Å². The summed E-state index contributed by atoms with van der Waals surface area (Å²) < 4.78 is 4.87. The average molecular weight is 168 g/mol. The van der Waals surface area contributed by atoms with Crippen LogP contribution in [-0.4, -0.2) is 5.97 Å². The van der Waals surface area contributed by atoms with Gasteiger partial charge in [0.05, 0.1) is 6.42 Å². The van der Waals surface area contributed by atoms with Crippen LogP contribution in [0.5, 0.6) is 0 Å². The summed E-state index contributed by atoms with van der Waals surface area (Å²) in [7, 11) is 0. The van der Waals surface area contributed by atoms with Crippen molar-refractivity contribution < 1.29 is 9.53 Å². The van der Waals surface area contributed by atoms with Crippen LogP contribution in [0.2, 0.25) is 0 Å². The average Bonchev–Trinajstić information content (AvgIpc) is 2.31. The Hall–Kier alpha value is -0.790. The van der Waals surface area contributed by atoms with Crippen molar-refractivity contribution in [2.75, 3.05) is 0 Å². The lowest BCUT2D eigenvalue weighted by Gasteiger charge is -2.05. The van der Waals surface area contributed by atoms with E-state index >= 15 is 0 Å². The largest absolute Gasteiger partial charge is 0.431 e. The maximum Gasteiger partial charge on any atom is 0.311 e. The minimum absolute atomic E-state index is 0.110. The summed E-state index contributed by atoms with van der Waals surface area (Å²) in [6.45, 7) is 5.89. The van der Waals surface area contributed by atoms with Crippen LogP contribution in [0.4, 0.5) is 0 Å². The number of ether oxygens (including phenoxy) is 1. The van der Waals surface area contributed by atoms with Crippen molar-refractivity contribution >= 4 is 5.97 Å². The van der Waals surface area contributed by atoms with E-state index in [1.54, 1.807) is 0 Å². The zero-order valence-corrected chi connectivity index (χ0v) is 7.64. The van der Waals surface area contributed by atoms with Crippen LogP contribution in [0, 0.1) is 5.92 Å². The van der Waals surface area contributed by atoms with Gasteiger partial charge in [-0.15, -0.1) is 0 Å². The molecule has 0 N–H and O–H groups in total. The van der Waals surface area contributed by atoms with Crippen LogP contribution in [0.25, 0.3) is 0 Å². The SMILES string of the molecule is C=C1OC(=O)CC1CCCCC. The van der Waals surface area contributed by atoms with Crippen molar-refractivity contribution in [3.63, 3.8) is 0 Å². The van der Waals surface area contributed by atoms with E-state index in [1.807, 2.05) is 0 Å². The fourth-order valence-electron chi connectivity index (χ4n) is 1.49. The second kappa shape index (κ2) is 4.29. The summed E-state index contributed by atoms with van der Waals surface area (Å²) in [4.78, 5) is 10.8. The van der Waals surface area contributed by atoms with E-state index in [2.05, 4.69) is 13.5 Å². The smallest absolute Gasteiger partial charge is 0.311 e. The fraction of sp³-hybridized carbons (Fsp3) is 0.700. The van der Waals surface area contributed by atoms with Crippen LogP contribution < -0.4 is 0 Å². The Morgan fingerprint density at radius 1 is 1.58 bits per heavy atom. The van der Waals surface area contributed by atoms with Gasteiger partial charge in [-0.05, 0) is 6.42 Å². The van der Waals surface area contributed by atoms with Gasteiger partial charge in [0, 0.05) is 5.92 Å². The predicted molar refractivity (Wildman–Crippen MR) is 47.5 cm³/mol. The van der Waals surface area contributed by atoms with Gasteiger partial charge in [-0.1, -0.05) is 32.8 Å². The number of esters is 1. The van der Waals surface area contributed by atoms with Crippen LogP contribution >= 0.6 is 0 Å². The van der Waals surface area contributed by atoms with E-state index < -0.39 is 0 Å². The first-order valence-corrected chi connectivity index (χ1v) is 4.63. The predicted octanol–water partition coefficient (Wildman–Crippen LogP) is 2.64. The molecule has 1 heterocycles. The Morgan fingerprint density at radius 2 is 2.33 bits per heavy atom. The zero-order chi connectivity index (χ0) is 8.97. The Morgan fingerprint density at radius 3 is 2.83 bits per heavy atom. The third kappa shape index (κ3) is 2.36. The van der Waals surface area contributed by atoms with Crippen LogP contribution in [0.15, 0.2) is 12.3 Å². The number of unbranched alkanes of at least 4 members (excludes halogenated alkanes) is 2. The van der Waals surface area contributed by atoms with Gasteiger partial charge in [0.25, 0.3) is 0 Å². The Bertz CT molecular complexity index is 184. The Balaban J connectivity index is 2.24. The van der Waals surface area contributed by atoms with Crippen LogP contribution in [-0.2, 0) is 9.53 Å². The van der Waals surface area contributed by atoms with Gasteiger partial charge in [-0.2, -0.15) is 0 Å². The molecule has 0 aromatic rings. The monoisotopic (exact) mass is 168 g/mol. The van der Waals surface area contributed by atoms with Crippen LogP contribution in [0.1, 0.15) is 39.0 Å². The highest BCUT2D eigenvalue weighted by molar-refractivity contribution is 5.74. The van der Waals surface area contributed by atoms with Gasteiger partial charge in [-0.25, -0.2) is 0 Å². The highest BCUT2D eigenvalue weighted by atomic mass is 16.5. The molecule has 0 radical (unpaired) electrons. The van der Waals surface area contributed by atoms with Crippen molar-refractivity contribution in [1.82, 2.24) is 0 Å². The molecule has 0 aromatic heterocycles. The standard InChI is InChI=1S/C10H16O2/c1-3-4-5-6-9-7-10(11)12-8(9)2/h9H,2-7H2,1H3. The molecule has 1 aliphatic heterocycles. The van der Waals surface area contributed by atoms with Crippen LogP contribution in [0.3, 0.4) is 0 Å². The second-order valence-corrected chi connectivity index (χ2v) is 3.34. The zero-order valence-electron chi connectivity index (χ0n) is 7.64. The molecule has 0 spiro atoms. The molecule has 68 valence electrons. The normalized spacial score (nSPS) is 22.9. The molecule has 1 atom stereocenters. The molecule has 0 aliphatic carbocycles. The highest BCUT2D eigenvalue weighted by Crippen LogP contribution is 2.28. The minimum atomic E-state index is -0.110. The molecule has 0 saturated carbocycles. The third-order valence-electron chi connectivity index (χ3n) is 2.27. The van der Waals surface area contributed by atoms with E-state index in [0.717, 1.165) is 6.42 Å². The summed E-state index contributed by atoms with van der Waals surface area (Å²) in [5.41, 5.74) is 0. The summed E-state index contributed by atoms with van der Waals surface area (Å²) in [6, 6.07) is 0. The number of rotatable bonds is 4. The number of hydrogen-bond donors (Lipinski definition) is 0. The van der Waals surface area contributed by atoms with Gasteiger partial charge in [0.2, 0.25) is 0 Å². The van der Waals surface area contributed by atoms with E-state index in [4.69, 9.17) is 4.74 Å². The first-order chi connectivity index (χ1) is 5.74. The maximum atomic E-state index is 10.8. The van der Waals surface area contributed by atoms with Gasteiger partial charge in [0.1, 0.15) is 5.76 Å². The topological polar surface area (TPSA) is 26.3 Å².